The first-order chi connectivity index (χ1) is 9.60. The Hall–Kier alpha value is -2.55. The molecule has 1 atom stereocenters. The van der Waals surface area contributed by atoms with E-state index in [9.17, 15) is 9.59 Å². The van der Waals surface area contributed by atoms with E-state index in [1.165, 1.54) is 7.11 Å². The van der Waals surface area contributed by atoms with E-state index < -0.39 is 18.0 Å². The zero-order valence-electron chi connectivity index (χ0n) is 11.3. The second-order valence-electron chi connectivity index (χ2n) is 3.79. The molecule has 0 radical (unpaired) electrons. The predicted octanol–water partition coefficient (Wildman–Crippen LogP) is 1.76. The Morgan fingerprint density at radius 1 is 1.35 bits per heavy atom. The molecule has 0 bridgehead atoms. The van der Waals surface area contributed by atoms with E-state index in [1.54, 1.807) is 31.2 Å². The number of nitriles is 1. The lowest BCUT2D eigenvalue weighted by atomic mass is 10.1. The van der Waals surface area contributed by atoms with Gasteiger partial charge in [0.1, 0.15) is 11.8 Å². The Labute approximate surface area is 116 Å². The van der Waals surface area contributed by atoms with E-state index >= 15 is 0 Å². The summed E-state index contributed by atoms with van der Waals surface area (Å²) in [7, 11) is 1.26. The number of nitrogens with zero attached hydrogens (tertiary/aromatic N) is 1. The zero-order chi connectivity index (χ0) is 15.0. The van der Waals surface area contributed by atoms with Crippen LogP contribution in [0.3, 0.4) is 0 Å². The molecule has 0 aliphatic heterocycles. The second kappa shape index (κ2) is 7.79. The van der Waals surface area contributed by atoms with Gasteiger partial charge >= 0.3 is 11.9 Å². The number of hydrogen-bond donors (Lipinski definition) is 0. The number of hydrogen-bond acceptors (Lipinski definition) is 6. The maximum atomic E-state index is 11.2. The van der Waals surface area contributed by atoms with Crippen molar-refractivity contribution < 1.29 is 23.8 Å². The van der Waals surface area contributed by atoms with Crippen molar-refractivity contribution in [2.24, 2.45) is 0 Å². The molecule has 0 saturated heterocycles. The average Bonchev–Trinajstić information content (AvgIpc) is 2.50. The monoisotopic (exact) mass is 277 g/mol. The van der Waals surface area contributed by atoms with Crippen LogP contribution in [0.15, 0.2) is 24.3 Å². The number of carbonyl (C=O) groups excluding carboxylic acids is 2. The normalized spacial score (nSPS) is 11.1. The van der Waals surface area contributed by atoms with Gasteiger partial charge in [0.15, 0.2) is 6.61 Å². The molecule has 0 unspecified atom stereocenters. The summed E-state index contributed by atoms with van der Waals surface area (Å²) in [5.74, 6) is -0.581. The highest BCUT2D eigenvalue weighted by atomic mass is 16.6. The maximum absolute atomic E-state index is 11.2. The Bertz CT molecular complexity index is 521. The summed E-state index contributed by atoms with van der Waals surface area (Å²) >= 11 is 0. The van der Waals surface area contributed by atoms with Crippen molar-refractivity contribution in [1.82, 2.24) is 0 Å². The molecule has 1 rings (SSSR count). The molecule has 20 heavy (non-hydrogen) atoms. The number of methoxy groups -OCH3 is 1. The van der Waals surface area contributed by atoms with E-state index in [-0.39, 0.29) is 13.0 Å². The highest BCUT2D eigenvalue weighted by Crippen LogP contribution is 2.22. The Morgan fingerprint density at radius 3 is 2.70 bits per heavy atom. The largest absolute Gasteiger partial charge is 0.482 e. The van der Waals surface area contributed by atoms with Crippen LogP contribution in [0.25, 0.3) is 0 Å². The molecule has 1 aromatic carbocycles. The van der Waals surface area contributed by atoms with E-state index in [0.29, 0.717) is 11.3 Å². The van der Waals surface area contributed by atoms with Crippen molar-refractivity contribution >= 4 is 11.9 Å². The third kappa shape index (κ3) is 4.61. The Balaban J connectivity index is 2.77. The molecule has 0 aliphatic rings. The minimum atomic E-state index is -0.996. The van der Waals surface area contributed by atoms with Gasteiger partial charge in [0.2, 0.25) is 6.10 Å². The lowest BCUT2D eigenvalue weighted by Gasteiger charge is -2.12. The van der Waals surface area contributed by atoms with Crippen molar-refractivity contribution in [2.45, 2.75) is 19.4 Å². The molecule has 0 amide bonds. The van der Waals surface area contributed by atoms with Gasteiger partial charge in [-0.25, -0.2) is 4.79 Å². The standard InChI is InChI=1S/C14H15NO5/c1-3-13(16)20-12(8-15)10-5-4-6-11(7-10)19-9-14(17)18-2/h4-7,12H,3,9H2,1-2H3/t12-/m0/s1. The van der Waals surface area contributed by atoms with Gasteiger partial charge in [-0.3, -0.25) is 4.79 Å². The van der Waals surface area contributed by atoms with Gasteiger partial charge in [-0.1, -0.05) is 19.1 Å². The molecule has 0 aromatic heterocycles. The fourth-order valence-corrected chi connectivity index (χ4v) is 1.35. The van der Waals surface area contributed by atoms with Crippen LogP contribution in [0.5, 0.6) is 5.75 Å². The molecule has 0 aliphatic carbocycles. The number of carbonyl (C=O) groups is 2. The van der Waals surface area contributed by atoms with Gasteiger partial charge < -0.3 is 14.2 Å². The van der Waals surface area contributed by atoms with Crippen molar-refractivity contribution in [1.29, 1.82) is 5.26 Å². The summed E-state index contributed by atoms with van der Waals surface area (Å²) in [6, 6.07) is 8.35. The van der Waals surface area contributed by atoms with E-state index in [2.05, 4.69) is 4.74 Å². The molecular formula is C14H15NO5. The summed E-state index contributed by atoms with van der Waals surface area (Å²) in [6.07, 6.45) is -0.805. The summed E-state index contributed by atoms with van der Waals surface area (Å²) < 4.78 is 14.6. The first-order valence-electron chi connectivity index (χ1n) is 5.99. The van der Waals surface area contributed by atoms with Crippen LogP contribution >= 0.6 is 0 Å². The van der Waals surface area contributed by atoms with Crippen LogP contribution in [-0.4, -0.2) is 25.7 Å². The lowest BCUT2D eigenvalue weighted by molar-refractivity contribution is -0.146. The van der Waals surface area contributed by atoms with Crippen molar-refractivity contribution in [3.05, 3.63) is 29.8 Å². The Morgan fingerprint density at radius 2 is 2.10 bits per heavy atom. The molecule has 0 spiro atoms. The molecule has 0 N–H and O–H groups in total. The highest BCUT2D eigenvalue weighted by molar-refractivity contribution is 5.71. The topological polar surface area (TPSA) is 85.6 Å². The summed E-state index contributed by atoms with van der Waals surface area (Å²) in [5, 5.41) is 9.03. The van der Waals surface area contributed by atoms with Gasteiger partial charge in [0.05, 0.1) is 7.11 Å². The lowest BCUT2D eigenvalue weighted by Crippen LogP contribution is -2.13. The minimum Gasteiger partial charge on any atom is -0.482 e. The molecule has 106 valence electrons. The van der Waals surface area contributed by atoms with Gasteiger partial charge in [-0.05, 0) is 12.1 Å². The molecule has 6 heteroatoms. The predicted molar refractivity (Wildman–Crippen MR) is 68.7 cm³/mol. The van der Waals surface area contributed by atoms with E-state index in [4.69, 9.17) is 14.7 Å². The maximum Gasteiger partial charge on any atom is 0.343 e. The first-order valence-corrected chi connectivity index (χ1v) is 5.99. The van der Waals surface area contributed by atoms with Crippen molar-refractivity contribution in [3.63, 3.8) is 0 Å². The number of ether oxygens (including phenoxy) is 3. The third-order valence-electron chi connectivity index (χ3n) is 2.40. The fourth-order valence-electron chi connectivity index (χ4n) is 1.35. The summed E-state index contributed by atoms with van der Waals surface area (Å²) in [5.41, 5.74) is 0.483. The Kier molecular flexibility index (Phi) is 6.04. The van der Waals surface area contributed by atoms with Crippen LogP contribution in [0, 0.1) is 11.3 Å². The van der Waals surface area contributed by atoms with Crippen LogP contribution < -0.4 is 4.74 Å². The van der Waals surface area contributed by atoms with E-state index in [1.807, 2.05) is 6.07 Å². The van der Waals surface area contributed by atoms with Crippen molar-refractivity contribution in [3.8, 4) is 11.8 Å². The number of esters is 2. The first kappa shape index (κ1) is 15.5. The second-order valence-corrected chi connectivity index (χ2v) is 3.79. The highest BCUT2D eigenvalue weighted by Gasteiger charge is 2.15. The average molecular weight is 277 g/mol. The van der Waals surface area contributed by atoms with Crippen molar-refractivity contribution in [2.75, 3.05) is 13.7 Å². The molecule has 0 fully saturated rings. The fraction of sp³-hybridized carbons (Fsp3) is 0.357. The van der Waals surface area contributed by atoms with Gasteiger partial charge in [0.25, 0.3) is 0 Å². The summed E-state index contributed by atoms with van der Waals surface area (Å²) in [6.45, 7) is 1.42. The van der Waals surface area contributed by atoms with Crippen LogP contribution in [-0.2, 0) is 19.1 Å². The summed E-state index contributed by atoms with van der Waals surface area (Å²) in [4.78, 5) is 22.2. The third-order valence-corrected chi connectivity index (χ3v) is 2.40. The van der Waals surface area contributed by atoms with E-state index in [0.717, 1.165) is 0 Å². The molecular weight excluding hydrogens is 262 g/mol. The quantitative estimate of drug-likeness (QED) is 0.736. The molecule has 6 nitrogen and oxygen atoms in total. The van der Waals surface area contributed by atoms with Crippen LogP contribution in [0.4, 0.5) is 0 Å². The van der Waals surface area contributed by atoms with Gasteiger partial charge in [0, 0.05) is 12.0 Å². The smallest absolute Gasteiger partial charge is 0.343 e. The van der Waals surface area contributed by atoms with Gasteiger partial charge in [-0.15, -0.1) is 0 Å². The van der Waals surface area contributed by atoms with Crippen LogP contribution in [0.2, 0.25) is 0 Å². The number of benzene rings is 1. The van der Waals surface area contributed by atoms with Crippen LogP contribution in [0.1, 0.15) is 25.0 Å². The molecule has 0 saturated carbocycles. The minimum absolute atomic E-state index is 0.191. The molecule has 0 heterocycles. The zero-order valence-corrected chi connectivity index (χ0v) is 11.3. The molecule has 1 aromatic rings. The number of rotatable bonds is 6. The SMILES string of the molecule is CCC(=O)O[C@@H](C#N)c1cccc(OCC(=O)OC)c1. The van der Waals surface area contributed by atoms with Gasteiger partial charge in [-0.2, -0.15) is 5.26 Å².